The molecule has 9 nitrogen and oxygen atoms in total. The minimum atomic E-state index is -3.82. The van der Waals surface area contributed by atoms with Gasteiger partial charge in [0.25, 0.3) is 0 Å². The molecule has 0 radical (unpaired) electrons. The van der Waals surface area contributed by atoms with E-state index >= 15 is 0 Å². The number of anilines is 2. The maximum absolute atomic E-state index is 13.6. The molecule has 192 valence electrons. The molecule has 1 saturated heterocycles. The summed E-state index contributed by atoms with van der Waals surface area (Å²) in [5.41, 5.74) is 0.103. The zero-order valence-electron chi connectivity index (χ0n) is 19.3. The molecule has 1 fully saturated rings. The lowest BCUT2D eigenvalue weighted by Crippen LogP contribution is -2.31. The predicted octanol–water partition coefficient (Wildman–Crippen LogP) is 2.94. The summed E-state index contributed by atoms with van der Waals surface area (Å²) >= 11 is 0. The van der Waals surface area contributed by atoms with Crippen LogP contribution < -0.4 is 14.4 Å². The molecule has 3 rings (SSSR count). The maximum atomic E-state index is 13.6. The first-order valence-corrected chi connectivity index (χ1v) is 14.1. The highest BCUT2D eigenvalue weighted by Gasteiger charge is 2.28. The van der Waals surface area contributed by atoms with Crippen molar-refractivity contribution >= 4 is 37.3 Å². The Morgan fingerprint density at radius 2 is 1.74 bits per heavy atom. The smallest absolute Gasteiger partial charge is 0.243 e. The van der Waals surface area contributed by atoms with E-state index < -0.39 is 37.6 Å². The van der Waals surface area contributed by atoms with Crippen LogP contribution in [0.25, 0.3) is 0 Å². The van der Waals surface area contributed by atoms with Gasteiger partial charge in [0, 0.05) is 32.1 Å². The Labute approximate surface area is 203 Å². The molecule has 1 heterocycles. The number of ether oxygens (including phenoxy) is 1. The highest BCUT2D eigenvalue weighted by atomic mass is 32.2. The van der Waals surface area contributed by atoms with E-state index in [1.54, 1.807) is 0 Å². The van der Waals surface area contributed by atoms with E-state index in [1.165, 1.54) is 29.6 Å². The van der Waals surface area contributed by atoms with E-state index in [0.29, 0.717) is 13.1 Å². The zero-order chi connectivity index (χ0) is 25.8. The molecule has 0 atom stereocenters. The number of halogens is 2. The quantitative estimate of drug-likeness (QED) is 0.505. The van der Waals surface area contributed by atoms with Gasteiger partial charge in [0.15, 0.2) is 11.6 Å². The van der Waals surface area contributed by atoms with Gasteiger partial charge in [0.1, 0.15) is 5.75 Å². The van der Waals surface area contributed by atoms with Gasteiger partial charge < -0.3 is 10.1 Å². The Hall–Kier alpha value is -2.77. The van der Waals surface area contributed by atoms with Crippen LogP contribution in [0.2, 0.25) is 0 Å². The second-order valence-electron chi connectivity index (χ2n) is 8.06. The molecule has 0 saturated carbocycles. The van der Waals surface area contributed by atoms with E-state index in [1.807, 2.05) is 0 Å². The number of hydrogen-bond acceptors (Lipinski definition) is 6. The van der Waals surface area contributed by atoms with Crippen LogP contribution in [0.3, 0.4) is 0 Å². The second-order valence-corrected chi connectivity index (χ2v) is 11.9. The molecule has 0 spiro atoms. The zero-order valence-corrected chi connectivity index (χ0v) is 21.0. The first kappa shape index (κ1) is 26.8. The Balaban J connectivity index is 1.70. The number of nitrogens with zero attached hydrogens (tertiary/aromatic N) is 2. The van der Waals surface area contributed by atoms with Crippen molar-refractivity contribution in [3.8, 4) is 5.75 Å². The molecule has 1 amide bonds. The number of rotatable bonds is 10. The molecule has 13 heteroatoms. The summed E-state index contributed by atoms with van der Waals surface area (Å²) in [5.74, 6) is -2.54. The first-order valence-electron chi connectivity index (χ1n) is 10.8. The van der Waals surface area contributed by atoms with Crippen LogP contribution in [-0.4, -0.2) is 60.0 Å². The second kappa shape index (κ2) is 10.9. The Morgan fingerprint density at radius 1 is 1.06 bits per heavy atom. The number of sulfonamides is 2. The monoisotopic (exact) mass is 531 g/mol. The van der Waals surface area contributed by atoms with Crippen LogP contribution in [0.5, 0.6) is 5.75 Å². The third kappa shape index (κ3) is 6.47. The van der Waals surface area contributed by atoms with Crippen molar-refractivity contribution < 1.29 is 35.1 Å². The number of carbonyl (C=O) groups excluding carboxylic acids is 1. The summed E-state index contributed by atoms with van der Waals surface area (Å²) in [6.45, 7) is 0.716. The van der Waals surface area contributed by atoms with Gasteiger partial charge in [-0.3, -0.25) is 9.10 Å². The lowest BCUT2D eigenvalue weighted by Gasteiger charge is -2.22. The van der Waals surface area contributed by atoms with Crippen molar-refractivity contribution in [2.45, 2.75) is 30.6 Å². The van der Waals surface area contributed by atoms with Crippen LogP contribution in [0.1, 0.15) is 25.7 Å². The Bertz CT molecular complexity index is 1300. The SMILES string of the molecule is COc1ccc(S(=O)(=O)N2CCCC2)cc1NC(=O)CCCN(c1ccc(F)c(F)c1)S(C)(=O)=O. The number of nitrogens with one attached hydrogen (secondary N) is 1. The van der Waals surface area contributed by atoms with Crippen molar-refractivity contribution in [2.24, 2.45) is 0 Å². The molecule has 0 unspecified atom stereocenters. The van der Waals surface area contributed by atoms with Gasteiger partial charge in [-0.1, -0.05) is 0 Å². The molecule has 0 aromatic heterocycles. The van der Waals surface area contributed by atoms with Crippen molar-refractivity contribution in [3.63, 3.8) is 0 Å². The minimum absolute atomic E-state index is 0.0251. The highest BCUT2D eigenvalue weighted by Crippen LogP contribution is 2.30. The average molecular weight is 532 g/mol. The fraction of sp³-hybridized carbons (Fsp3) is 0.409. The predicted molar refractivity (Wildman–Crippen MR) is 127 cm³/mol. The highest BCUT2D eigenvalue weighted by molar-refractivity contribution is 7.92. The van der Waals surface area contributed by atoms with E-state index in [4.69, 9.17) is 4.74 Å². The summed E-state index contributed by atoms with van der Waals surface area (Å²) in [6, 6.07) is 6.92. The molecule has 1 aliphatic rings. The van der Waals surface area contributed by atoms with Crippen molar-refractivity contribution in [3.05, 3.63) is 48.0 Å². The Kier molecular flexibility index (Phi) is 8.34. The van der Waals surface area contributed by atoms with Crippen molar-refractivity contribution in [2.75, 3.05) is 42.6 Å². The fourth-order valence-electron chi connectivity index (χ4n) is 3.75. The van der Waals surface area contributed by atoms with Gasteiger partial charge in [-0.15, -0.1) is 0 Å². The average Bonchev–Trinajstić information content (AvgIpc) is 3.34. The number of amides is 1. The van der Waals surface area contributed by atoms with Crippen LogP contribution >= 0.6 is 0 Å². The standard InChI is InChI=1S/C22H27F2N3O6S2/c1-33-21-10-8-17(35(31,32)26-11-3-4-12-26)15-20(21)25-22(28)6-5-13-27(34(2,29)30)16-7-9-18(23)19(24)14-16/h7-10,14-15H,3-6,11-13H2,1-2H3,(H,25,28). The third-order valence-corrected chi connectivity index (χ3v) is 8.59. The summed E-state index contributed by atoms with van der Waals surface area (Å²) < 4.78 is 84.3. The third-order valence-electron chi connectivity index (χ3n) is 5.50. The first-order chi connectivity index (χ1) is 16.4. The summed E-state index contributed by atoms with van der Waals surface area (Å²) in [7, 11) is -6.15. The molecule has 1 aliphatic heterocycles. The van der Waals surface area contributed by atoms with E-state index in [0.717, 1.165) is 41.6 Å². The number of benzene rings is 2. The van der Waals surface area contributed by atoms with Gasteiger partial charge in [-0.05, 0) is 49.6 Å². The van der Waals surface area contributed by atoms with E-state index in [9.17, 15) is 30.4 Å². The summed E-state index contributed by atoms with van der Waals surface area (Å²) in [5, 5.41) is 2.61. The molecular weight excluding hydrogens is 504 g/mol. The van der Waals surface area contributed by atoms with Crippen LogP contribution in [0.15, 0.2) is 41.3 Å². The fourth-order valence-corrected chi connectivity index (χ4v) is 6.25. The van der Waals surface area contributed by atoms with Crippen LogP contribution in [0, 0.1) is 11.6 Å². The van der Waals surface area contributed by atoms with Crippen molar-refractivity contribution in [1.82, 2.24) is 4.31 Å². The lowest BCUT2D eigenvalue weighted by molar-refractivity contribution is -0.116. The van der Waals surface area contributed by atoms with Gasteiger partial charge in [0.05, 0.1) is 29.6 Å². The molecule has 2 aromatic rings. The van der Waals surface area contributed by atoms with Crippen molar-refractivity contribution in [1.29, 1.82) is 0 Å². The topological polar surface area (TPSA) is 113 Å². The molecule has 0 aliphatic carbocycles. The minimum Gasteiger partial charge on any atom is -0.495 e. The lowest BCUT2D eigenvalue weighted by atomic mass is 10.2. The molecule has 1 N–H and O–H groups in total. The normalized spacial score (nSPS) is 14.6. The van der Waals surface area contributed by atoms with Gasteiger partial charge in [-0.25, -0.2) is 25.6 Å². The summed E-state index contributed by atoms with van der Waals surface area (Å²) in [6.07, 6.45) is 2.43. The largest absolute Gasteiger partial charge is 0.495 e. The van der Waals surface area contributed by atoms with Gasteiger partial charge in [-0.2, -0.15) is 4.31 Å². The van der Waals surface area contributed by atoms with Gasteiger partial charge >= 0.3 is 0 Å². The molecule has 35 heavy (non-hydrogen) atoms. The molecular formula is C22H27F2N3O6S2. The molecule has 0 bridgehead atoms. The summed E-state index contributed by atoms with van der Waals surface area (Å²) in [4.78, 5) is 12.6. The maximum Gasteiger partial charge on any atom is 0.243 e. The van der Waals surface area contributed by atoms with E-state index in [-0.39, 0.29) is 41.4 Å². The van der Waals surface area contributed by atoms with E-state index in [2.05, 4.69) is 5.32 Å². The number of carbonyl (C=O) groups is 1. The van der Waals surface area contributed by atoms with Gasteiger partial charge in [0.2, 0.25) is 26.0 Å². The molecule has 2 aromatic carbocycles. The van der Waals surface area contributed by atoms with Crippen LogP contribution in [0.4, 0.5) is 20.2 Å². The Morgan fingerprint density at radius 3 is 2.34 bits per heavy atom. The number of methoxy groups -OCH3 is 1. The van der Waals surface area contributed by atoms with Crippen LogP contribution in [-0.2, 0) is 24.8 Å². The number of hydrogen-bond donors (Lipinski definition) is 1.